The van der Waals surface area contributed by atoms with Crippen LogP contribution in [0.2, 0.25) is 0 Å². The van der Waals surface area contributed by atoms with Crippen molar-refractivity contribution in [3.05, 3.63) is 54.0 Å². The van der Waals surface area contributed by atoms with Gasteiger partial charge < -0.3 is 14.1 Å². The first kappa shape index (κ1) is 18.5. The molecule has 0 radical (unpaired) electrons. The Morgan fingerprint density at radius 1 is 1.31 bits per heavy atom. The smallest absolute Gasteiger partial charge is 0.254 e. The lowest BCUT2D eigenvalue weighted by atomic mass is 10.1. The number of ether oxygens (including phenoxy) is 1. The highest BCUT2D eigenvalue weighted by atomic mass is 32.2. The van der Waals surface area contributed by atoms with Gasteiger partial charge in [0.25, 0.3) is 5.91 Å². The lowest BCUT2D eigenvalue weighted by Crippen LogP contribution is -2.33. The van der Waals surface area contributed by atoms with Crippen molar-refractivity contribution in [3.63, 3.8) is 0 Å². The first-order chi connectivity index (χ1) is 12.5. The van der Waals surface area contributed by atoms with Gasteiger partial charge in [0, 0.05) is 25.8 Å². The number of furan rings is 1. The predicted octanol–water partition coefficient (Wildman–Crippen LogP) is 2.11. The second kappa shape index (κ2) is 7.92. The van der Waals surface area contributed by atoms with Crippen LogP contribution in [0.15, 0.2) is 47.1 Å². The summed E-state index contributed by atoms with van der Waals surface area (Å²) < 4.78 is 36.1. The number of carbonyl (C=O) groups excluding carboxylic acids is 1. The molecule has 2 aromatic rings. The van der Waals surface area contributed by atoms with Gasteiger partial charge in [-0.15, -0.1) is 0 Å². The maximum Gasteiger partial charge on any atom is 0.254 e. The molecule has 7 nitrogen and oxygen atoms in total. The summed E-state index contributed by atoms with van der Waals surface area (Å²) in [6.45, 7) is 1.57. The van der Waals surface area contributed by atoms with Crippen molar-refractivity contribution in [1.82, 2.24) is 4.90 Å². The van der Waals surface area contributed by atoms with E-state index in [1.165, 1.54) is 4.31 Å². The SMILES string of the molecule is COCCN(Cc1ccco1)C(=O)c1cccc(N2CCCS2(=O)=O)c1. The van der Waals surface area contributed by atoms with Gasteiger partial charge in [0.2, 0.25) is 10.0 Å². The Morgan fingerprint density at radius 2 is 2.15 bits per heavy atom. The maximum absolute atomic E-state index is 13.0. The molecule has 1 aliphatic heterocycles. The van der Waals surface area contributed by atoms with Crippen molar-refractivity contribution in [1.29, 1.82) is 0 Å². The number of hydrogen-bond donors (Lipinski definition) is 0. The van der Waals surface area contributed by atoms with Gasteiger partial charge in [-0.3, -0.25) is 9.10 Å². The summed E-state index contributed by atoms with van der Waals surface area (Å²) in [5.74, 6) is 0.619. The maximum atomic E-state index is 13.0. The van der Waals surface area contributed by atoms with Gasteiger partial charge in [0.05, 0.1) is 30.9 Å². The van der Waals surface area contributed by atoms with E-state index >= 15 is 0 Å². The van der Waals surface area contributed by atoms with E-state index in [0.717, 1.165) is 0 Å². The first-order valence-electron chi connectivity index (χ1n) is 8.42. The average Bonchev–Trinajstić information content (AvgIpc) is 3.27. The fraction of sp³-hybridized carbons (Fsp3) is 0.389. The molecule has 8 heteroatoms. The zero-order chi connectivity index (χ0) is 18.6. The Bertz CT molecular complexity index is 848. The highest BCUT2D eigenvalue weighted by Gasteiger charge is 2.29. The molecular weight excluding hydrogens is 356 g/mol. The van der Waals surface area contributed by atoms with Crippen LogP contribution in [0.25, 0.3) is 0 Å². The van der Waals surface area contributed by atoms with Gasteiger partial charge in [-0.05, 0) is 36.8 Å². The summed E-state index contributed by atoms with van der Waals surface area (Å²) in [4.78, 5) is 14.6. The van der Waals surface area contributed by atoms with Crippen molar-refractivity contribution in [3.8, 4) is 0 Å². The molecule has 140 valence electrons. The molecule has 1 fully saturated rings. The van der Waals surface area contributed by atoms with Gasteiger partial charge in [-0.2, -0.15) is 0 Å². The molecule has 1 aromatic heterocycles. The van der Waals surface area contributed by atoms with Gasteiger partial charge in [-0.1, -0.05) is 6.07 Å². The van der Waals surface area contributed by atoms with Crippen LogP contribution in [0.4, 0.5) is 5.69 Å². The van der Waals surface area contributed by atoms with Crippen molar-refractivity contribution in [2.75, 3.05) is 36.9 Å². The average molecular weight is 378 g/mol. The quantitative estimate of drug-likeness (QED) is 0.737. The number of benzene rings is 1. The second-order valence-corrected chi connectivity index (χ2v) is 8.10. The minimum absolute atomic E-state index is 0.142. The normalized spacial score (nSPS) is 16.0. The molecule has 0 aliphatic carbocycles. The van der Waals surface area contributed by atoms with E-state index in [4.69, 9.17) is 9.15 Å². The number of nitrogens with zero attached hydrogens (tertiary/aromatic N) is 2. The molecule has 0 N–H and O–H groups in total. The largest absolute Gasteiger partial charge is 0.467 e. The number of methoxy groups -OCH3 is 1. The second-order valence-electron chi connectivity index (χ2n) is 6.09. The summed E-state index contributed by atoms with van der Waals surface area (Å²) in [6.07, 6.45) is 2.16. The molecule has 0 unspecified atom stereocenters. The van der Waals surface area contributed by atoms with E-state index in [1.807, 2.05) is 0 Å². The topological polar surface area (TPSA) is 80.1 Å². The molecule has 0 saturated carbocycles. The third-order valence-electron chi connectivity index (χ3n) is 4.26. The third kappa shape index (κ3) is 4.08. The summed E-state index contributed by atoms with van der Waals surface area (Å²) in [5, 5.41) is 0. The molecule has 1 amide bonds. The molecule has 1 saturated heterocycles. The molecule has 3 rings (SSSR count). The van der Waals surface area contributed by atoms with E-state index in [9.17, 15) is 13.2 Å². The Morgan fingerprint density at radius 3 is 2.81 bits per heavy atom. The molecule has 0 bridgehead atoms. The molecule has 26 heavy (non-hydrogen) atoms. The lowest BCUT2D eigenvalue weighted by Gasteiger charge is -2.23. The van der Waals surface area contributed by atoms with Crippen LogP contribution in [0.1, 0.15) is 22.5 Å². The van der Waals surface area contributed by atoms with Crippen LogP contribution in [0.5, 0.6) is 0 Å². The van der Waals surface area contributed by atoms with Crippen LogP contribution in [0.3, 0.4) is 0 Å². The molecule has 0 atom stereocenters. The Kier molecular flexibility index (Phi) is 5.63. The minimum atomic E-state index is -3.28. The lowest BCUT2D eigenvalue weighted by molar-refractivity contribution is 0.0666. The van der Waals surface area contributed by atoms with E-state index in [1.54, 1.807) is 54.7 Å². The Labute approximate surface area is 153 Å². The number of amides is 1. The zero-order valence-electron chi connectivity index (χ0n) is 14.6. The third-order valence-corrected chi connectivity index (χ3v) is 6.13. The number of anilines is 1. The van der Waals surface area contributed by atoms with Crippen molar-refractivity contribution < 1.29 is 22.4 Å². The Balaban J connectivity index is 1.83. The molecule has 1 aliphatic rings. The van der Waals surface area contributed by atoms with Crippen LogP contribution in [-0.2, 0) is 21.3 Å². The number of sulfonamides is 1. The van der Waals surface area contributed by atoms with E-state index in [2.05, 4.69) is 0 Å². The molecule has 2 heterocycles. The standard InChI is InChI=1S/C18H22N2O5S/c1-24-11-9-19(14-17-7-3-10-25-17)18(21)15-5-2-6-16(13-15)20-8-4-12-26(20,22)23/h2-3,5-7,10,13H,4,8-9,11-12,14H2,1H3. The molecule has 0 spiro atoms. The van der Waals surface area contributed by atoms with Gasteiger partial charge in [0.15, 0.2) is 0 Å². The first-order valence-corrected chi connectivity index (χ1v) is 10.0. The van der Waals surface area contributed by atoms with Crippen LogP contribution in [0, 0.1) is 0 Å². The molecule has 1 aromatic carbocycles. The van der Waals surface area contributed by atoms with Crippen LogP contribution < -0.4 is 4.31 Å². The fourth-order valence-electron chi connectivity index (χ4n) is 2.95. The van der Waals surface area contributed by atoms with E-state index < -0.39 is 10.0 Å². The highest BCUT2D eigenvalue weighted by molar-refractivity contribution is 7.93. The molecular formula is C18H22N2O5S. The number of rotatable bonds is 7. The van der Waals surface area contributed by atoms with Gasteiger partial charge >= 0.3 is 0 Å². The fourth-order valence-corrected chi connectivity index (χ4v) is 4.51. The summed E-state index contributed by atoms with van der Waals surface area (Å²) in [7, 11) is -1.71. The number of carbonyl (C=O) groups is 1. The summed E-state index contributed by atoms with van der Waals surface area (Å²) in [6, 6.07) is 10.3. The van der Waals surface area contributed by atoms with Gasteiger partial charge in [0.1, 0.15) is 5.76 Å². The van der Waals surface area contributed by atoms with Crippen molar-refractivity contribution >= 4 is 21.6 Å². The van der Waals surface area contributed by atoms with Crippen molar-refractivity contribution in [2.24, 2.45) is 0 Å². The Hall–Kier alpha value is -2.32. The number of hydrogen-bond acceptors (Lipinski definition) is 5. The van der Waals surface area contributed by atoms with Crippen molar-refractivity contribution in [2.45, 2.75) is 13.0 Å². The zero-order valence-corrected chi connectivity index (χ0v) is 15.4. The minimum Gasteiger partial charge on any atom is -0.467 e. The monoisotopic (exact) mass is 378 g/mol. The highest BCUT2D eigenvalue weighted by Crippen LogP contribution is 2.25. The van der Waals surface area contributed by atoms with E-state index in [-0.39, 0.29) is 11.7 Å². The van der Waals surface area contributed by atoms with Gasteiger partial charge in [-0.25, -0.2) is 8.42 Å². The summed E-state index contributed by atoms with van der Waals surface area (Å²) in [5.41, 5.74) is 0.963. The van der Waals surface area contributed by atoms with Crippen LogP contribution in [-0.4, -0.2) is 51.8 Å². The summed E-state index contributed by atoms with van der Waals surface area (Å²) >= 11 is 0. The van der Waals surface area contributed by atoms with Crippen LogP contribution >= 0.6 is 0 Å². The predicted molar refractivity (Wildman–Crippen MR) is 97.5 cm³/mol. The van der Waals surface area contributed by atoms with E-state index in [0.29, 0.717) is 49.7 Å².